The molecule has 3 rings (SSSR count). The molecule has 0 saturated heterocycles. The van der Waals surface area contributed by atoms with Gasteiger partial charge in [-0.15, -0.1) is 0 Å². The molecule has 0 heterocycles. The Morgan fingerprint density at radius 1 is 0.878 bits per heavy atom. The minimum atomic E-state index is -4.20. The fourth-order valence-corrected chi connectivity index (χ4v) is 5.71. The number of methoxy groups -OCH3 is 2. The van der Waals surface area contributed by atoms with Crippen molar-refractivity contribution in [3.8, 4) is 11.5 Å². The molecule has 0 aliphatic heterocycles. The Morgan fingerprint density at radius 2 is 1.51 bits per heavy atom. The number of nitrogens with one attached hydrogen (secondary N) is 1. The molecular weight excluding hydrogens is 542 g/mol. The third-order valence-electron chi connectivity index (χ3n) is 6.74. The van der Waals surface area contributed by atoms with E-state index in [0.29, 0.717) is 11.5 Å². The molecule has 10 heteroatoms. The van der Waals surface area contributed by atoms with Crippen LogP contribution in [0.1, 0.15) is 37.5 Å². The lowest BCUT2D eigenvalue weighted by atomic mass is 10.1. The van der Waals surface area contributed by atoms with Crippen LogP contribution in [0, 0.1) is 13.8 Å². The molecule has 0 fully saturated rings. The number of hydrogen-bond donors (Lipinski definition) is 1. The van der Waals surface area contributed by atoms with E-state index in [9.17, 15) is 18.0 Å². The highest BCUT2D eigenvalue weighted by atomic mass is 32.2. The smallest absolute Gasteiger partial charge is 0.264 e. The van der Waals surface area contributed by atoms with E-state index >= 15 is 0 Å². The lowest BCUT2D eigenvalue weighted by Crippen LogP contribution is -2.52. The van der Waals surface area contributed by atoms with Crippen LogP contribution >= 0.6 is 0 Å². The highest BCUT2D eigenvalue weighted by Gasteiger charge is 2.33. The van der Waals surface area contributed by atoms with Crippen molar-refractivity contribution in [2.75, 3.05) is 25.1 Å². The molecule has 0 aromatic heterocycles. The predicted octanol–water partition coefficient (Wildman–Crippen LogP) is 4.46. The quantitative estimate of drug-likeness (QED) is 0.339. The number of benzene rings is 3. The Labute approximate surface area is 243 Å². The first kappa shape index (κ1) is 31.5. The number of anilines is 1. The number of nitrogens with zero attached hydrogens (tertiary/aromatic N) is 2. The van der Waals surface area contributed by atoms with E-state index in [4.69, 9.17) is 9.47 Å². The summed E-state index contributed by atoms with van der Waals surface area (Å²) in [5.41, 5.74) is 2.91. The van der Waals surface area contributed by atoms with E-state index in [1.165, 1.54) is 37.3 Å². The van der Waals surface area contributed by atoms with Crippen LogP contribution in [0.2, 0.25) is 0 Å². The monoisotopic (exact) mass is 581 g/mol. The normalized spacial score (nSPS) is 12.0. The van der Waals surface area contributed by atoms with Crippen molar-refractivity contribution >= 4 is 27.5 Å². The van der Waals surface area contributed by atoms with Gasteiger partial charge in [-0.2, -0.15) is 0 Å². The topological polar surface area (TPSA) is 105 Å². The van der Waals surface area contributed by atoms with Gasteiger partial charge in [-0.25, -0.2) is 8.42 Å². The van der Waals surface area contributed by atoms with Gasteiger partial charge in [0.1, 0.15) is 12.6 Å². The summed E-state index contributed by atoms with van der Waals surface area (Å²) in [4.78, 5) is 28.6. The fourth-order valence-electron chi connectivity index (χ4n) is 4.30. The number of rotatable bonds is 12. The van der Waals surface area contributed by atoms with E-state index in [-0.39, 0.29) is 29.1 Å². The van der Waals surface area contributed by atoms with Crippen molar-refractivity contribution in [3.63, 3.8) is 0 Å². The first-order valence-corrected chi connectivity index (χ1v) is 14.8. The summed E-state index contributed by atoms with van der Waals surface area (Å²) < 4.78 is 39.8. The zero-order valence-electron chi connectivity index (χ0n) is 24.7. The summed E-state index contributed by atoms with van der Waals surface area (Å²) in [7, 11) is -1.27. The predicted molar refractivity (Wildman–Crippen MR) is 160 cm³/mol. The Morgan fingerprint density at radius 3 is 2.10 bits per heavy atom. The van der Waals surface area contributed by atoms with E-state index in [1.807, 2.05) is 52.0 Å². The molecule has 0 spiro atoms. The lowest BCUT2D eigenvalue weighted by Gasteiger charge is -2.32. The molecule has 220 valence electrons. The van der Waals surface area contributed by atoms with Gasteiger partial charge in [0.05, 0.1) is 24.8 Å². The van der Waals surface area contributed by atoms with Gasteiger partial charge < -0.3 is 19.7 Å². The standard InChI is InChI=1S/C31H39N3O6S/c1-21(2)32-31(36)24(5)33(19-25-11-9-8-10-23(25)4)30(35)20-34(26-14-17-28(39-6)29(18-26)40-7)41(37,38)27-15-12-22(3)13-16-27/h8-18,21,24H,19-20H2,1-7H3,(H,32,36)/t24-/m0/s1. The Hall–Kier alpha value is -4.05. The molecule has 3 aromatic rings. The van der Waals surface area contributed by atoms with E-state index in [1.54, 1.807) is 31.2 Å². The second kappa shape index (κ2) is 13.5. The molecule has 3 aromatic carbocycles. The number of amides is 2. The minimum absolute atomic E-state index is 0.0294. The number of hydrogen-bond acceptors (Lipinski definition) is 6. The summed E-state index contributed by atoms with van der Waals surface area (Å²) in [5.74, 6) is -0.149. The average molecular weight is 582 g/mol. The van der Waals surface area contributed by atoms with Gasteiger partial charge in [0.25, 0.3) is 10.0 Å². The van der Waals surface area contributed by atoms with Gasteiger partial charge in [-0.3, -0.25) is 13.9 Å². The molecule has 9 nitrogen and oxygen atoms in total. The summed E-state index contributed by atoms with van der Waals surface area (Å²) in [5, 5.41) is 2.86. The molecule has 0 bridgehead atoms. The van der Waals surface area contributed by atoms with Crippen LogP contribution in [0.3, 0.4) is 0 Å². The summed E-state index contributed by atoms with van der Waals surface area (Å²) in [6.07, 6.45) is 0. The van der Waals surface area contributed by atoms with Gasteiger partial charge in [0.2, 0.25) is 11.8 Å². The molecule has 1 N–H and O–H groups in total. The maximum atomic E-state index is 14.1. The van der Waals surface area contributed by atoms with Crippen molar-refractivity contribution < 1.29 is 27.5 Å². The van der Waals surface area contributed by atoms with Crippen LogP contribution in [0.5, 0.6) is 11.5 Å². The zero-order chi connectivity index (χ0) is 30.3. The highest BCUT2D eigenvalue weighted by molar-refractivity contribution is 7.92. The van der Waals surface area contributed by atoms with Crippen molar-refractivity contribution in [3.05, 3.63) is 83.4 Å². The maximum absolute atomic E-state index is 14.1. The van der Waals surface area contributed by atoms with Gasteiger partial charge in [0.15, 0.2) is 11.5 Å². The van der Waals surface area contributed by atoms with Crippen LogP contribution in [0.4, 0.5) is 5.69 Å². The molecule has 0 aliphatic carbocycles. The van der Waals surface area contributed by atoms with Crippen LogP contribution in [-0.4, -0.2) is 58.0 Å². The second-order valence-electron chi connectivity index (χ2n) is 10.2. The van der Waals surface area contributed by atoms with E-state index in [2.05, 4.69) is 5.32 Å². The molecule has 41 heavy (non-hydrogen) atoms. The third kappa shape index (κ3) is 7.58. The van der Waals surface area contributed by atoms with E-state index < -0.39 is 28.5 Å². The van der Waals surface area contributed by atoms with Gasteiger partial charge >= 0.3 is 0 Å². The SMILES string of the molecule is COc1ccc(N(CC(=O)N(Cc2ccccc2C)[C@@H](C)C(=O)NC(C)C)S(=O)(=O)c2ccc(C)cc2)cc1OC. The van der Waals surface area contributed by atoms with Gasteiger partial charge in [0, 0.05) is 18.7 Å². The lowest BCUT2D eigenvalue weighted by molar-refractivity contribution is -0.139. The molecule has 2 amide bonds. The zero-order valence-corrected chi connectivity index (χ0v) is 25.5. The van der Waals surface area contributed by atoms with Gasteiger partial charge in [-0.1, -0.05) is 42.0 Å². The van der Waals surface area contributed by atoms with Crippen LogP contribution in [0.15, 0.2) is 71.6 Å². The average Bonchev–Trinajstić information content (AvgIpc) is 2.94. The second-order valence-corrected chi connectivity index (χ2v) is 12.0. The van der Waals surface area contributed by atoms with Crippen molar-refractivity contribution in [2.45, 2.75) is 58.1 Å². The van der Waals surface area contributed by atoms with Crippen LogP contribution in [0.25, 0.3) is 0 Å². The molecule has 0 radical (unpaired) electrons. The minimum Gasteiger partial charge on any atom is -0.493 e. The number of aryl methyl sites for hydroxylation is 2. The van der Waals surface area contributed by atoms with E-state index in [0.717, 1.165) is 21.0 Å². The Kier molecular flexibility index (Phi) is 10.4. The van der Waals surface area contributed by atoms with Gasteiger partial charge in [-0.05, 0) is 70.0 Å². The largest absolute Gasteiger partial charge is 0.493 e. The Balaban J connectivity index is 2.10. The van der Waals surface area contributed by atoms with Crippen molar-refractivity contribution in [2.24, 2.45) is 0 Å². The van der Waals surface area contributed by atoms with Crippen molar-refractivity contribution in [1.82, 2.24) is 10.2 Å². The van der Waals surface area contributed by atoms with Crippen LogP contribution in [-0.2, 0) is 26.2 Å². The molecule has 0 unspecified atom stereocenters. The highest BCUT2D eigenvalue weighted by Crippen LogP contribution is 2.34. The molecule has 0 aliphatic rings. The fraction of sp³-hybridized carbons (Fsp3) is 0.355. The number of sulfonamides is 1. The van der Waals surface area contributed by atoms with Crippen LogP contribution < -0.4 is 19.1 Å². The molecular formula is C31H39N3O6S. The summed E-state index contributed by atoms with van der Waals surface area (Å²) >= 11 is 0. The Bertz CT molecular complexity index is 1470. The maximum Gasteiger partial charge on any atom is 0.264 e. The van der Waals surface area contributed by atoms with Crippen molar-refractivity contribution in [1.29, 1.82) is 0 Å². The number of carbonyl (C=O) groups excluding carboxylic acids is 2. The summed E-state index contributed by atoms with van der Waals surface area (Å²) in [6.45, 7) is 8.69. The number of ether oxygens (including phenoxy) is 2. The third-order valence-corrected chi connectivity index (χ3v) is 8.53. The first-order chi connectivity index (χ1) is 19.4. The molecule has 0 saturated carbocycles. The summed E-state index contributed by atoms with van der Waals surface area (Å²) in [6, 6.07) is 17.6. The molecule has 1 atom stereocenters. The number of carbonyl (C=O) groups is 2. The first-order valence-electron chi connectivity index (χ1n) is 13.3.